The van der Waals surface area contributed by atoms with E-state index in [-0.39, 0.29) is 19.0 Å². The SMILES string of the molecule is CN1CCN(C(=O)CN2CCOc3ccccc3C2)C[C@H]1C(=O)O. The summed E-state index contributed by atoms with van der Waals surface area (Å²) in [6, 6.07) is 7.23. The standard InChI is InChI=1S/C17H23N3O4/c1-18-6-7-20(11-14(18)17(22)23)16(21)12-19-8-9-24-15-5-3-2-4-13(15)10-19/h2-5,14H,6-12H2,1H3,(H,22,23)/t14-/m0/s1. The Bertz CT molecular complexity index is 622. The molecule has 0 unspecified atom stereocenters. The maximum atomic E-state index is 12.6. The monoisotopic (exact) mass is 333 g/mol. The van der Waals surface area contributed by atoms with Crippen LogP contribution in [0, 0.1) is 0 Å². The third-order valence-corrected chi connectivity index (χ3v) is 4.68. The first-order chi connectivity index (χ1) is 11.5. The molecule has 24 heavy (non-hydrogen) atoms. The minimum absolute atomic E-state index is 0.0197. The lowest BCUT2D eigenvalue weighted by Crippen LogP contribution is -2.57. The lowest BCUT2D eigenvalue weighted by atomic mass is 10.1. The third-order valence-electron chi connectivity index (χ3n) is 4.68. The van der Waals surface area contributed by atoms with Gasteiger partial charge in [0, 0.05) is 38.3 Å². The predicted molar refractivity (Wildman–Crippen MR) is 87.8 cm³/mol. The van der Waals surface area contributed by atoms with E-state index >= 15 is 0 Å². The Morgan fingerprint density at radius 2 is 2.04 bits per heavy atom. The fourth-order valence-corrected chi connectivity index (χ4v) is 3.17. The lowest BCUT2D eigenvalue weighted by Gasteiger charge is -2.37. The maximum absolute atomic E-state index is 12.6. The van der Waals surface area contributed by atoms with Crippen LogP contribution >= 0.6 is 0 Å². The molecule has 1 amide bonds. The number of para-hydroxylation sites is 1. The second kappa shape index (κ2) is 7.19. The van der Waals surface area contributed by atoms with Crippen LogP contribution in [0.2, 0.25) is 0 Å². The van der Waals surface area contributed by atoms with Gasteiger partial charge in [0.25, 0.3) is 0 Å². The number of nitrogens with zero attached hydrogens (tertiary/aromatic N) is 3. The van der Waals surface area contributed by atoms with Crippen molar-refractivity contribution in [1.82, 2.24) is 14.7 Å². The molecular weight excluding hydrogens is 310 g/mol. The normalized spacial score (nSPS) is 22.4. The van der Waals surface area contributed by atoms with Crippen molar-refractivity contribution in [2.45, 2.75) is 12.6 Å². The van der Waals surface area contributed by atoms with Crippen LogP contribution < -0.4 is 4.74 Å². The van der Waals surface area contributed by atoms with Gasteiger partial charge < -0.3 is 14.7 Å². The second-order valence-corrected chi connectivity index (χ2v) is 6.34. The topological polar surface area (TPSA) is 73.3 Å². The van der Waals surface area contributed by atoms with E-state index in [1.807, 2.05) is 24.3 Å². The van der Waals surface area contributed by atoms with Crippen molar-refractivity contribution in [1.29, 1.82) is 0 Å². The molecule has 1 N–H and O–H groups in total. The van der Waals surface area contributed by atoms with Crippen molar-refractivity contribution in [2.75, 3.05) is 46.4 Å². The summed E-state index contributed by atoms with van der Waals surface area (Å²) < 4.78 is 5.72. The van der Waals surface area contributed by atoms with Crippen molar-refractivity contribution < 1.29 is 19.4 Å². The van der Waals surface area contributed by atoms with Crippen LogP contribution in [0.15, 0.2) is 24.3 Å². The molecule has 1 aromatic carbocycles. The van der Waals surface area contributed by atoms with Crippen molar-refractivity contribution >= 4 is 11.9 Å². The number of carboxylic acids is 1. The van der Waals surface area contributed by atoms with E-state index in [1.165, 1.54) is 0 Å². The predicted octanol–water partition coefficient (Wildman–Crippen LogP) is 0.108. The number of likely N-dealkylation sites (N-methyl/N-ethyl adjacent to an activating group) is 1. The number of hydrogen-bond acceptors (Lipinski definition) is 5. The van der Waals surface area contributed by atoms with Gasteiger partial charge in [-0.15, -0.1) is 0 Å². The molecule has 1 atom stereocenters. The first kappa shape index (κ1) is 16.7. The van der Waals surface area contributed by atoms with E-state index in [2.05, 4.69) is 4.90 Å². The molecular formula is C17H23N3O4. The summed E-state index contributed by atoms with van der Waals surface area (Å²) in [6.45, 7) is 3.56. The minimum atomic E-state index is -0.882. The van der Waals surface area contributed by atoms with Crippen LogP contribution in [0.4, 0.5) is 0 Å². The molecule has 1 aromatic rings. The number of benzene rings is 1. The zero-order chi connectivity index (χ0) is 17.1. The number of hydrogen-bond donors (Lipinski definition) is 1. The van der Waals surface area contributed by atoms with Crippen molar-refractivity contribution in [3.63, 3.8) is 0 Å². The summed E-state index contributed by atoms with van der Waals surface area (Å²) in [6.07, 6.45) is 0. The van der Waals surface area contributed by atoms with E-state index < -0.39 is 12.0 Å². The maximum Gasteiger partial charge on any atom is 0.322 e. The smallest absolute Gasteiger partial charge is 0.322 e. The van der Waals surface area contributed by atoms with Crippen LogP contribution in [-0.4, -0.2) is 84.1 Å². The third kappa shape index (κ3) is 3.68. The molecule has 0 bridgehead atoms. The summed E-state index contributed by atoms with van der Waals surface area (Å²) in [5.41, 5.74) is 1.07. The highest BCUT2D eigenvalue weighted by molar-refractivity contribution is 5.80. The fourth-order valence-electron chi connectivity index (χ4n) is 3.17. The van der Waals surface area contributed by atoms with Crippen molar-refractivity contribution in [3.8, 4) is 5.75 Å². The fraction of sp³-hybridized carbons (Fsp3) is 0.529. The molecule has 0 saturated carbocycles. The largest absolute Gasteiger partial charge is 0.492 e. The highest BCUT2D eigenvalue weighted by Crippen LogP contribution is 2.22. The number of rotatable bonds is 3. The summed E-state index contributed by atoms with van der Waals surface area (Å²) >= 11 is 0. The van der Waals surface area contributed by atoms with Gasteiger partial charge in [0.1, 0.15) is 18.4 Å². The molecule has 7 heteroatoms. The number of amides is 1. The quantitative estimate of drug-likeness (QED) is 0.846. The summed E-state index contributed by atoms with van der Waals surface area (Å²) in [5, 5.41) is 9.27. The first-order valence-electron chi connectivity index (χ1n) is 8.18. The molecule has 7 nitrogen and oxygen atoms in total. The van der Waals surface area contributed by atoms with Crippen LogP contribution in [0.1, 0.15) is 5.56 Å². The zero-order valence-corrected chi connectivity index (χ0v) is 13.9. The number of carboxylic acid groups (broad SMARTS) is 1. The van der Waals surface area contributed by atoms with E-state index in [4.69, 9.17) is 4.74 Å². The lowest BCUT2D eigenvalue weighted by molar-refractivity contribution is -0.148. The van der Waals surface area contributed by atoms with E-state index in [0.717, 1.165) is 11.3 Å². The van der Waals surface area contributed by atoms with Gasteiger partial charge in [-0.2, -0.15) is 0 Å². The van der Waals surface area contributed by atoms with Gasteiger partial charge in [-0.25, -0.2) is 0 Å². The molecule has 1 fully saturated rings. The van der Waals surface area contributed by atoms with Crippen LogP contribution in [0.3, 0.4) is 0 Å². The second-order valence-electron chi connectivity index (χ2n) is 6.34. The van der Waals surface area contributed by atoms with E-state index in [9.17, 15) is 14.7 Å². The molecule has 0 radical (unpaired) electrons. The van der Waals surface area contributed by atoms with Gasteiger partial charge >= 0.3 is 5.97 Å². The Labute approximate surface area is 141 Å². The molecule has 0 aromatic heterocycles. The average molecular weight is 333 g/mol. The molecule has 1 saturated heterocycles. The molecule has 2 aliphatic rings. The Morgan fingerprint density at radius 1 is 1.25 bits per heavy atom. The van der Waals surface area contributed by atoms with Crippen LogP contribution in [0.25, 0.3) is 0 Å². The number of fused-ring (bicyclic) bond motifs is 1. The van der Waals surface area contributed by atoms with Crippen LogP contribution in [0.5, 0.6) is 5.75 Å². The Morgan fingerprint density at radius 3 is 2.83 bits per heavy atom. The van der Waals surface area contributed by atoms with Gasteiger partial charge in [0.05, 0.1) is 6.54 Å². The van der Waals surface area contributed by atoms with Gasteiger partial charge in [-0.05, 0) is 13.1 Å². The summed E-state index contributed by atoms with van der Waals surface area (Å²) in [4.78, 5) is 29.4. The number of carbonyl (C=O) groups is 2. The number of carbonyl (C=O) groups excluding carboxylic acids is 1. The zero-order valence-electron chi connectivity index (χ0n) is 13.9. The van der Waals surface area contributed by atoms with E-state index in [0.29, 0.717) is 32.8 Å². The van der Waals surface area contributed by atoms with Crippen LogP contribution in [-0.2, 0) is 16.1 Å². The Balaban J connectivity index is 1.61. The molecule has 0 spiro atoms. The highest BCUT2D eigenvalue weighted by atomic mass is 16.5. The number of aliphatic carboxylic acids is 1. The molecule has 3 rings (SSSR count). The van der Waals surface area contributed by atoms with Gasteiger partial charge in [0.15, 0.2) is 0 Å². The summed E-state index contributed by atoms with van der Waals surface area (Å²) in [7, 11) is 1.78. The number of ether oxygens (including phenoxy) is 1. The molecule has 130 valence electrons. The summed E-state index contributed by atoms with van der Waals surface area (Å²) in [5.74, 6) is -0.0289. The first-order valence-corrected chi connectivity index (χ1v) is 8.18. The molecule has 2 heterocycles. The van der Waals surface area contributed by atoms with Gasteiger partial charge in [-0.1, -0.05) is 18.2 Å². The Hall–Kier alpha value is -2.12. The Kier molecular flexibility index (Phi) is 5.01. The van der Waals surface area contributed by atoms with Crippen molar-refractivity contribution in [2.24, 2.45) is 0 Å². The van der Waals surface area contributed by atoms with Gasteiger partial charge in [0.2, 0.25) is 5.91 Å². The number of piperazine rings is 1. The van der Waals surface area contributed by atoms with Crippen molar-refractivity contribution in [3.05, 3.63) is 29.8 Å². The average Bonchev–Trinajstić information content (AvgIpc) is 2.76. The molecule has 0 aliphatic carbocycles. The highest BCUT2D eigenvalue weighted by Gasteiger charge is 2.32. The van der Waals surface area contributed by atoms with Gasteiger partial charge in [-0.3, -0.25) is 19.4 Å². The minimum Gasteiger partial charge on any atom is -0.492 e. The van der Waals surface area contributed by atoms with E-state index in [1.54, 1.807) is 16.8 Å². The molecule has 2 aliphatic heterocycles.